The Morgan fingerprint density at radius 3 is 2.63 bits per heavy atom. The molecule has 1 aromatic carbocycles. The van der Waals surface area contributed by atoms with Crippen molar-refractivity contribution in [3.63, 3.8) is 0 Å². The standard InChI is InChI=1S/C14H15ClN4/c1-10-13(15)16-9-17-14(10)19-8-7-18(2)11-5-3-4-6-12(11)19/h3-6,9H,7-8H2,1-2H3. The lowest BCUT2D eigenvalue weighted by Crippen LogP contribution is -2.37. The Hall–Kier alpha value is -1.81. The van der Waals surface area contributed by atoms with E-state index in [1.54, 1.807) is 0 Å². The van der Waals surface area contributed by atoms with E-state index in [0.717, 1.165) is 30.2 Å². The van der Waals surface area contributed by atoms with Crippen molar-refractivity contribution in [1.29, 1.82) is 0 Å². The van der Waals surface area contributed by atoms with Crippen LogP contribution in [0.15, 0.2) is 30.6 Å². The molecule has 1 aromatic heterocycles. The molecule has 1 aliphatic rings. The third kappa shape index (κ3) is 2.02. The molecule has 5 heteroatoms. The molecule has 2 heterocycles. The van der Waals surface area contributed by atoms with Crippen LogP contribution in [0, 0.1) is 6.92 Å². The van der Waals surface area contributed by atoms with Gasteiger partial charge in [0.15, 0.2) is 0 Å². The van der Waals surface area contributed by atoms with Crippen LogP contribution in [-0.4, -0.2) is 30.1 Å². The zero-order valence-corrected chi connectivity index (χ0v) is 11.7. The van der Waals surface area contributed by atoms with E-state index >= 15 is 0 Å². The molecule has 0 unspecified atom stereocenters. The lowest BCUT2D eigenvalue weighted by molar-refractivity contribution is 0.808. The molecule has 0 aliphatic carbocycles. The number of rotatable bonds is 1. The molecule has 0 saturated carbocycles. The smallest absolute Gasteiger partial charge is 0.140 e. The van der Waals surface area contributed by atoms with Crippen LogP contribution in [0.1, 0.15) is 5.56 Å². The van der Waals surface area contributed by atoms with Crippen molar-refractivity contribution in [1.82, 2.24) is 9.97 Å². The third-order valence-electron chi connectivity index (χ3n) is 3.49. The number of halogens is 1. The summed E-state index contributed by atoms with van der Waals surface area (Å²) < 4.78 is 0. The molecule has 0 atom stereocenters. The first kappa shape index (κ1) is 12.2. The number of nitrogens with zero attached hydrogens (tertiary/aromatic N) is 4. The van der Waals surface area contributed by atoms with Gasteiger partial charge in [0.1, 0.15) is 17.3 Å². The van der Waals surface area contributed by atoms with E-state index in [9.17, 15) is 0 Å². The quantitative estimate of drug-likeness (QED) is 0.748. The van der Waals surface area contributed by atoms with Gasteiger partial charge in [0, 0.05) is 25.7 Å². The Balaban J connectivity index is 2.12. The highest BCUT2D eigenvalue weighted by molar-refractivity contribution is 6.30. The number of para-hydroxylation sites is 2. The van der Waals surface area contributed by atoms with Gasteiger partial charge in [-0.1, -0.05) is 23.7 Å². The van der Waals surface area contributed by atoms with Gasteiger partial charge in [-0.05, 0) is 19.1 Å². The van der Waals surface area contributed by atoms with E-state index < -0.39 is 0 Å². The molecule has 4 nitrogen and oxygen atoms in total. The summed E-state index contributed by atoms with van der Waals surface area (Å²) in [4.78, 5) is 12.9. The molecule has 0 bridgehead atoms. The Morgan fingerprint density at radius 2 is 1.84 bits per heavy atom. The van der Waals surface area contributed by atoms with Gasteiger partial charge in [-0.3, -0.25) is 0 Å². The Kier molecular flexibility index (Phi) is 3.03. The van der Waals surface area contributed by atoms with E-state index in [2.05, 4.69) is 45.0 Å². The highest BCUT2D eigenvalue weighted by Gasteiger charge is 2.23. The average Bonchev–Trinajstić information content (AvgIpc) is 2.43. The van der Waals surface area contributed by atoms with Gasteiger partial charge in [-0.2, -0.15) is 0 Å². The van der Waals surface area contributed by atoms with E-state index in [1.165, 1.54) is 12.0 Å². The van der Waals surface area contributed by atoms with Crippen LogP contribution in [0.5, 0.6) is 0 Å². The largest absolute Gasteiger partial charge is 0.371 e. The van der Waals surface area contributed by atoms with Crippen LogP contribution >= 0.6 is 11.6 Å². The highest BCUT2D eigenvalue weighted by atomic mass is 35.5. The second-order valence-corrected chi connectivity index (χ2v) is 5.03. The maximum absolute atomic E-state index is 6.10. The predicted molar refractivity (Wildman–Crippen MR) is 78.5 cm³/mol. The number of hydrogen-bond acceptors (Lipinski definition) is 4. The van der Waals surface area contributed by atoms with Crippen LogP contribution in [0.25, 0.3) is 0 Å². The summed E-state index contributed by atoms with van der Waals surface area (Å²) in [6, 6.07) is 8.34. The number of likely N-dealkylation sites (N-methyl/N-ethyl adjacent to an activating group) is 1. The van der Waals surface area contributed by atoms with Crippen molar-refractivity contribution in [3.05, 3.63) is 41.3 Å². The van der Waals surface area contributed by atoms with Crippen LogP contribution in [0.2, 0.25) is 5.15 Å². The molecular weight excluding hydrogens is 260 g/mol. The second kappa shape index (κ2) is 4.70. The molecule has 0 amide bonds. The Bertz CT molecular complexity index is 614. The Morgan fingerprint density at radius 1 is 1.11 bits per heavy atom. The number of hydrogen-bond donors (Lipinski definition) is 0. The summed E-state index contributed by atoms with van der Waals surface area (Å²) in [5.41, 5.74) is 3.29. The van der Waals surface area contributed by atoms with E-state index in [0.29, 0.717) is 5.15 Å². The topological polar surface area (TPSA) is 32.3 Å². The Labute approximate surface area is 117 Å². The monoisotopic (exact) mass is 274 g/mol. The third-order valence-corrected chi connectivity index (χ3v) is 3.88. The lowest BCUT2D eigenvalue weighted by atomic mass is 10.1. The normalized spacial score (nSPS) is 14.5. The maximum Gasteiger partial charge on any atom is 0.140 e. The first-order valence-electron chi connectivity index (χ1n) is 6.23. The molecule has 0 fully saturated rings. The molecule has 0 spiro atoms. The molecule has 0 N–H and O–H groups in total. The van der Waals surface area contributed by atoms with Gasteiger partial charge in [0.2, 0.25) is 0 Å². The van der Waals surface area contributed by atoms with E-state index in [4.69, 9.17) is 11.6 Å². The van der Waals surface area contributed by atoms with Crippen molar-refractivity contribution < 1.29 is 0 Å². The fourth-order valence-electron chi connectivity index (χ4n) is 2.42. The lowest BCUT2D eigenvalue weighted by Gasteiger charge is -2.36. The number of benzene rings is 1. The molecule has 3 rings (SSSR count). The first-order chi connectivity index (χ1) is 9.18. The zero-order chi connectivity index (χ0) is 13.4. The summed E-state index contributed by atoms with van der Waals surface area (Å²) in [6.45, 7) is 3.80. The van der Waals surface area contributed by atoms with E-state index in [1.807, 2.05) is 13.0 Å². The van der Waals surface area contributed by atoms with E-state index in [-0.39, 0.29) is 0 Å². The SMILES string of the molecule is Cc1c(Cl)ncnc1N1CCN(C)c2ccccc21. The summed E-state index contributed by atoms with van der Waals surface area (Å²) in [5, 5.41) is 0.515. The average molecular weight is 275 g/mol. The summed E-state index contributed by atoms with van der Waals surface area (Å²) in [6.07, 6.45) is 1.52. The number of anilines is 3. The van der Waals surface area contributed by atoms with Crippen molar-refractivity contribution in [2.75, 3.05) is 29.9 Å². The zero-order valence-electron chi connectivity index (χ0n) is 11.0. The van der Waals surface area contributed by atoms with Gasteiger partial charge >= 0.3 is 0 Å². The van der Waals surface area contributed by atoms with Crippen LogP contribution in [0.3, 0.4) is 0 Å². The second-order valence-electron chi connectivity index (χ2n) is 4.67. The first-order valence-corrected chi connectivity index (χ1v) is 6.61. The fourth-order valence-corrected chi connectivity index (χ4v) is 2.55. The maximum atomic E-state index is 6.10. The van der Waals surface area contributed by atoms with Crippen molar-refractivity contribution in [2.45, 2.75) is 6.92 Å². The summed E-state index contributed by atoms with van der Waals surface area (Å²) >= 11 is 6.10. The van der Waals surface area contributed by atoms with Crippen molar-refractivity contribution in [2.24, 2.45) is 0 Å². The van der Waals surface area contributed by atoms with Crippen LogP contribution in [0.4, 0.5) is 17.2 Å². The predicted octanol–water partition coefficient (Wildman–Crippen LogP) is 3.03. The summed E-state index contributed by atoms with van der Waals surface area (Å²) in [7, 11) is 2.11. The molecule has 2 aromatic rings. The molecule has 19 heavy (non-hydrogen) atoms. The minimum Gasteiger partial charge on any atom is -0.371 e. The van der Waals surface area contributed by atoms with Gasteiger partial charge in [-0.25, -0.2) is 9.97 Å². The van der Waals surface area contributed by atoms with Crippen LogP contribution < -0.4 is 9.80 Å². The minimum absolute atomic E-state index is 0.515. The van der Waals surface area contributed by atoms with Gasteiger partial charge in [-0.15, -0.1) is 0 Å². The minimum atomic E-state index is 0.515. The van der Waals surface area contributed by atoms with Crippen molar-refractivity contribution in [3.8, 4) is 0 Å². The number of aromatic nitrogens is 2. The molecule has 1 aliphatic heterocycles. The highest BCUT2D eigenvalue weighted by Crippen LogP contribution is 2.37. The van der Waals surface area contributed by atoms with Gasteiger partial charge in [0.05, 0.1) is 11.4 Å². The molecule has 0 saturated heterocycles. The van der Waals surface area contributed by atoms with Crippen LogP contribution in [-0.2, 0) is 0 Å². The molecular formula is C14H15ClN4. The molecule has 0 radical (unpaired) electrons. The van der Waals surface area contributed by atoms with Gasteiger partial charge < -0.3 is 9.80 Å². The fraction of sp³-hybridized carbons (Fsp3) is 0.286. The van der Waals surface area contributed by atoms with Crippen molar-refractivity contribution >= 4 is 28.8 Å². The van der Waals surface area contributed by atoms with Gasteiger partial charge in [0.25, 0.3) is 0 Å². The number of fused-ring (bicyclic) bond motifs is 1. The molecule has 98 valence electrons. The summed E-state index contributed by atoms with van der Waals surface area (Å²) in [5.74, 6) is 0.889.